The molecule has 0 aliphatic carbocycles. The summed E-state index contributed by atoms with van der Waals surface area (Å²) in [5, 5.41) is 0. The maximum atomic E-state index is 5.90. The molecule has 122 valence electrons. The van der Waals surface area contributed by atoms with E-state index < -0.39 is 0 Å². The number of nitrogens with zero attached hydrogens (tertiary/aromatic N) is 3. The van der Waals surface area contributed by atoms with Gasteiger partial charge in [-0.25, -0.2) is 9.97 Å². The minimum Gasteiger partial charge on any atom is -0.493 e. The van der Waals surface area contributed by atoms with Crippen LogP contribution in [-0.2, 0) is 6.61 Å². The van der Waals surface area contributed by atoms with E-state index in [-0.39, 0.29) is 0 Å². The Kier molecular flexibility index (Phi) is 4.80. The highest BCUT2D eigenvalue weighted by Gasteiger charge is 2.19. The fourth-order valence-electron chi connectivity index (χ4n) is 2.69. The van der Waals surface area contributed by atoms with Gasteiger partial charge in [0.25, 0.3) is 5.88 Å². The third kappa shape index (κ3) is 3.47. The molecule has 1 aliphatic rings. The van der Waals surface area contributed by atoms with Crippen molar-refractivity contribution < 1.29 is 14.2 Å². The number of aromatic nitrogens is 2. The number of hydrogen-bond donors (Lipinski definition) is 0. The SMILES string of the molecule is COc1ccc(COc2nccnc2N2CCCC2)cc1OC. The zero-order valence-corrected chi connectivity index (χ0v) is 13.5. The van der Waals surface area contributed by atoms with Crippen LogP contribution in [0.1, 0.15) is 18.4 Å². The van der Waals surface area contributed by atoms with Crippen LogP contribution in [0.15, 0.2) is 30.6 Å². The maximum absolute atomic E-state index is 5.90. The summed E-state index contributed by atoms with van der Waals surface area (Å²) >= 11 is 0. The molecule has 2 heterocycles. The molecule has 6 heteroatoms. The van der Waals surface area contributed by atoms with Gasteiger partial charge in [-0.05, 0) is 30.5 Å². The van der Waals surface area contributed by atoms with Crippen molar-refractivity contribution in [3.8, 4) is 17.4 Å². The summed E-state index contributed by atoms with van der Waals surface area (Å²) in [7, 11) is 3.24. The molecule has 23 heavy (non-hydrogen) atoms. The Labute approximate surface area is 136 Å². The van der Waals surface area contributed by atoms with Crippen molar-refractivity contribution in [1.29, 1.82) is 0 Å². The predicted molar refractivity (Wildman–Crippen MR) is 87.4 cm³/mol. The van der Waals surface area contributed by atoms with E-state index in [4.69, 9.17) is 14.2 Å². The molecule has 0 amide bonds. The van der Waals surface area contributed by atoms with Crippen LogP contribution >= 0.6 is 0 Å². The van der Waals surface area contributed by atoms with Gasteiger partial charge in [-0.3, -0.25) is 0 Å². The fourth-order valence-corrected chi connectivity index (χ4v) is 2.69. The molecule has 1 aliphatic heterocycles. The number of methoxy groups -OCH3 is 2. The van der Waals surface area contributed by atoms with Crippen molar-refractivity contribution in [2.24, 2.45) is 0 Å². The molecule has 1 fully saturated rings. The Bertz CT molecular complexity index is 657. The predicted octanol–water partition coefficient (Wildman–Crippen LogP) is 2.67. The molecule has 0 radical (unpaired) electrons. The van der Waals surface area contributed by atoms with Gasteiger partial charge in [0.15, 0.2) is 17.3 Å². The van der Waals surface area contributed by atoms with Crippen molar-refractivity contribution in [3.05, 3.63) is 36.2 Å². The molecular formula is C17H21N3O3. The van der Waals surface area contributed by atoms with Gasteiger partial charge in [0, 0.05) is 25.5 Å². The van der Waals surface area contributed by atoms with Gasteiger partial charge in [0.1, 0.15) is 6.61 Å². The van der Waals surface area contributed by atoms with Crippen LogP contribution in [0.3, 0.4) is 0 Å². The molecule has 6 nitrogen and oxygen atoms in total. The van der Waals surface area contributed by atoms with Crippen LogP contribution in [0, 0.1) is 0 Å². The van der Waals surface area contributed by atoms with Gasteiger partial charge in [0.05, 0.1) is 14.2 Å². The molecule has 0 atom stereocenters. The Morgan fingerprint density at radius 1 is 1.00 bits per heavy atom. The summed E-state index contributed by atoms with van der Waals surface area (Å²) in [4.78, 5) is 11.0. The lowest BCUT2D eigenvalue weighted by Crippen LogP contribution is -2.20. The molecule has 1 aromatic heterocycles. The highest BCUT2D eigenvalue weighted by Crippen LogP contribution is 2.29. The Balaban J connectivity index is 1.73. The zero-order valence-electron chi connectivity index (χ0n) is 13.5. The number of anilines is 1. The zero-order chi connectivity index (χ0) is 16.1. The monoisotopic (exact) mass is 315 g/mol. The molecule has 0 N–H and O–H groups in total. The second kappa shape index (κ2) is 7.17. The van der Waals surface area contributed by atoms with E-state index in [1.807, 2.05) is 18.2 Å². The number of ether oxygens (including phenoxy) is 3. The van der Waals surface area contributed by atoms with Gasteiger partial charge in [0.2, 0.25) is 0 Å². The second-order valence-corrected chi connectivity index (χ2v) is 5.36. The van der Waals surface area contributed by atoms with E-state index in [1.165, 1.54) is 12.8 Å². The van der Waals surface area contributed by atoms with E-state index in [1.54, 1.807) is 26.6 Å². The first kappa shape index (κ1) is 15.4. The smallest absolute Gasteiger partial charge is 0.257 e. The molecule has 2 aromatic rings. The first-order chi connectivity index (χ1) is 11.3. The standard InChI is InChI=1S/C17H21N3O3/c1-21-14-6-5-13(11-15(14)22-2)12-23-17-16(18-7-8-19-17)20-9-3-4-10-20/h5-8,11H,3-4,9-10,12H2,1-2H3. The summed E-state index contributed by atoms with van der Waals surface area (Å²) in [6, 6.07) is 5.73. The average molecular weight is 315 g/mol. The highest BCUT2D eigenvalue weighted by molar-refractivity contribution is 5.48. The summed E-state index contributed by atoms with van der Waals surface area (Å²) in [5.41, 5.74) is 0.987. The van der Waals surface area contributed by atoms with Crippen LogP contribution in [0.25, 0.3) is 0 Å². The van der Waals surface area contributed by atoms with Gasteiger partial charge in [-0.2, -0.15) is 0 Å². The molecular weight excluding hydrogens is 294 g/mol. The topological polar surface area (TPSA) is 56.7 Å². The van der Waals surface area contributed by atoms with Crippen molar-refractivity contribution in [1.82, 2.24) is 9.97 Å². The van der Waals surface area contributed by atoms with E-state index in [9.17, 15) is 0 Å². The van der Waals surface area contributed by atoms with E-state index in [0.29, 0.717) is 24.0 Å². The van der Waals surface area contributed by atoms with E-state index >= 15 is 0 Å². The summed E-state index contributed by atoms with van der Waals surface area (Å²) in [6.07, 6.45) is 5.73. The third-order valence-corrected chi connectivity index (χ3v) is 3.88. The first-order valence-corrected chi connectivity index (χ1v) is 7.71. The highest BCUT2D eigenvalue weighted by atomic mass is 16.5. The first-order valence-electron chi connectivity index (χ1n) is 7.71. The maximum Gasteiger partial charge on any atom is 0.257 e. The number of rotatable bonds is 6. The van der Waals surface area contributed by atoms with Gasteiger partial charge < -0.3 is 19.1 Å². The van der Waals surface area contributed by atoms with Crippen LogP contribution in [-0.4, -0.2) is 37.3 Å². The lowest BCUT2D eigenvalue weighted by molar-refractivity contribution is 0.291. The molecule has 1 aromatic carbocycles. The summed E-state index contributed by atoms with van der Waals surface area (Å²) < 4.78 is 16.5. The normalized spacial score (nSPS) is 13.9. The van der Waals surface area contributed by atoms with Crippen molar-refractivity contribution in [2.45, 2.75) is 19.4 Å². The Morgan fingerprint density at radius 3 is 2.48 bits per heavy atom. The van der Waals surface area contributed by atoms with Crippen LogP contribution < -0.4 is 19.1 Å². The molecule has 1 saturated heterocycles. The Hall–Kier alpha value is -2.50. The van der Waals surface area contributed by atoms with Crippen LogP contribution in [0.2, 0.25) is 0 Å². The van der Waals surface area contributed by atoms with Gasteiger partial charge in [-0.1, -0.05) is 6.07 Å². The van der Waals surface area contributed by atoms with Crippen molar-refractivity contribution >= 4 is 5.82 Å². The van der Waals surface area contributed by atoms with Crippen molar-refractivity contribution in [2.75, 3.05) is 32.2 Å². The largest absolute Gasteiger partial charge is 0.493 e. The van der Waals surface area contributed by atoms with E-state index in [0.717, 1.165) is 24.5 Å². The lowest BCUT2D eigenvalue weighted by atomic mass is 10.2. The van der Waals surface area contributed by atoms with Crippen LogP contribution in [0.4, 0.5) is 5.82 Å². The van der Waals surface area contributed by atoms with Crippen molar-refractivity contribution in [3.63, 3.8) is 0 Å². The van der Waals surface area contributed by atoms with Crippen LogP contribution in [0.5, 0.6) is 17.4 Å². The average Bonchev–Trinajstić information content (AvgIpc) is 3.14. The molecule has 0 saturated carbocycles. The quantitative estimate of drug-likeness (QED) is 0.817. The minimum absolute atomic E-state index is 0.403. The molecule has 0 bridgehead atoms. The lowest BCUT2D eigenvalue weighted by Gasteiger charge is -2.18. The molecule has 3 rings (SSSR count). The minimum atomic E-state index is 0.403. The number of benzene rings is 1. The van der Waals surface area contributed by atoms with Gasteiger partial charge in [-0.15, -0.1) is 0 Å². The second-order valence-electron chi connectivity index (χ2n) is 5.36. The summed E-state index contributed by atoms with van der Waals surface area (Å²) in [6.45, 7) is 2.41. The van der Waals surface area contributed by atoms with Gasteiger partial charge >= 0.3 is 0 Å². The molecule has 0 spiro atoms. The third-order valence-electron chi connectivity index (χ3n) is 3.88. The fraction of sp³-hybridized carbons (Fsp3) is 0.412. The van der Waals surface area contributed by atoms with E-state index in [2.05, 4.69) is 14.9 Å². The number of hydrogen-bond acceptors (Lipinski definition) is 6. The molecule has 0 unspecified atom stereocenters. The summed E-state index contributed by atoms with van der Waals surface area (Å²) in [5.74, 6) is 2.79. The Morgan fingerprint density at radius 2 is 1.74 bits per heavy atom.